The van der Waals surface area contributed by atoms with Gasteiger partial charge < -0.3 is 14.8 Å². The Morgan fingerprint density at radius 2 is 1.79 bits per heavy atom. The molecule has 0 atom stereocenters. The van der Waals surface area contributed by atoms with Gasteiger partial charge in [-0.2, -0.15) is 0 Å². The van der Waals surface area contributed by atoms with Crippen molar-refractivity contribution in [3.63, 3.8) is 0 Å². The van der Waals surface area contributed by atoms with Crippen molar-refractivity contribution in [1.29, 1.82) is 0 Å². The van der Waals surface area contributed by atoms with Crippen molar-refractivity contribution in [3.05, 3.63) is 59.3 Å². The van der Waals surface area contributed by atoms with Gasteiger partial charge in [-0.25, -0.2) is 0 Å². The summed E-state index contributed by atoms with van der Waals surface area (Å²) in [5, 5.41) is 4.20. The molecule has 0 radical (unpaired) electrons. The van der Waals surface area contributed by atoms with E-state index in [0.717, 1.165) is 71.4 Å². The van der Waals surface area contributed by atoms with Crippen molar-refractivity contribution >= 4 is 22.5 Å². The number of nitrogens with zero attached hydrogens (tertiary/aromatic N) is 2. The number of hydrogen-bond acceptors (Lipinski definition) is 5. The Morgan fingerprint density at radius 3 is 2.48 bits per heavy atom. The number of pyridine rings is 1. The molecule has 3 rings (SSSR count). The van der Waals surface area contributed by atoms with Crippen LogP contribution in [0, 0.1) is 0 Å². The van der Waals surface area contributed by atoms with E-state index >= 15 is 0 Å². The minimum absolute atomic E-state index is 0.0155. The smallest absolute Gasteiger partial charge is 0.238 e. The number of amides is 1. The Kier molecular flexibility index (Phi) is 8.66. The standard InChI is InChI=1S/C27H35N3O3/c1-6-10-22-20(7-2)27(21-11-8-9-12-23(21)28-22)29-26(31)18-30(3)16-15-19-13-14-24(32-4)25(17-19)33-5/h8-9,11-14,17H,6-7,10,15-16,18H2,1-5H3,(H,28,29,31). The minimum atomic E-state index is -0.0155. The summed E-state index contributed by atoms with van der Waals surface area (Å²) >= 11 is 0. The molecule has 0 aliphatic heterocycles. The van der Waals surface area contributed by atoms with Crippen LogP contribution in [-0.4, -0.2) is 50.1 Å². The lowest BCUT2D eigenvalue weighted by atomic mass is 10.0. The summed E-state index contributed by atoms with van der Waals surface area (Å²) in [5.74, 6) is 1.42. The molecule has 3 aromatic rings. The van der Waals surface area contributed by atoms with Gasteiger partial charge in [0, 0.05) is 17.6 Å². The zero-order valence-electron chi connectivity index (χ0n) is 20.4. The zero-order valence-corrected chi connectivity index (χ0v) is 20.4. The molecule has 6 nitrogen and oxygen atoms in total. The van der Waals surface area contributed by atoms with E-state index in [9.17, 15) is 4.79 Å². The highest BCUT2D eigenvalue weighted by Crippen LogP contribution is 2.30. The number of fused-ring (bicyclic) bond motifs is 1. The van der Waals surface area contributed by atoms with Crippen LogP contribution < -0.4 is 14.8 Å². The van der Waals surface area contributed by atoms with Crippen molar-refractivity contribution in [2.45, 2.75) is 39.5 Å². The fourth-order valence-electron chi connectivity index (χ4n) is 4.13. The number of benzene rings is 2. The number of para-hydroxylation sites is 1. The van der Waals surface area contributed by atoms with Gasteiger partial charge in [-0.1, -0.05) is 44.5 Å². The van der Waals surface area contributed by atoms with Gasteiger partial charge in [0.15, 0.2) is 11.5 Å². The van der Waals surface area contributed by atoms with Crippen LogP contribution >= 0.6 is 0 Å². The van der Waals surface area contributed by atoms with Gasteiger partial charge in [-0.3, -0.25) is 14.7 Å². The first-order chi connectivity index (χ1) is 16.0. The third-order valence-corrected chi connectivity index (χ3v) is 5.83. The second-order valence-corrected chi connectivity index (χ2v) is 8.26. The van der Waals surface area contributed by atoms with E-state index in [-0.39, 0.29) is 5.91 Å². The van der Waals surface area contributed by atoms with E-state index in [4.69, 9.17) is 14.5 Å². The van der Waals surface area contributed by atoms with Crippen LogP contribution in [0.1, 0.15) is 37.1 Å². The van der Waals surface area contributed by atoms with E-state index in [1.54, 1.807) is 14.2 Å². The fraction of sp³-hybridized carbons (Fsp3) is 0.407. The Balaban J connectivity index is 1.70. The van der Waals surface area contributed by atoms with Crippen LogP contribution in [0.4, 0.5) is 5.69 Å². The van der Waals surface area contributed by atoms with Crippen molar-refractivity contribution in [2.75, 3.05) is 39.7 Å². The molecule has 0 bridgehead atoms. The van der Waals surface area contributed by atoms with Crippen LogP contribution in [0.5, 0.6) is 11.5 Å². The molecule has 0 saturated carbocycles. The number of rotatable bonds is 11. The van der Waals surface area contributed by atoms with Crippen molar-refractivity contribution in [1.82, 2.24) is 9.88 Å². The molecule has 1 N–H and O–H groups in total. The minimum Gasteiger partial charge on any atom is -0.493 e. The molecule has 33 heavy (non-hydrogen) atoms. The second kappa shape index (κ2) is 11.7. The summed E-state index contributed by atoms with van der Waals surface area (Å²) in [6.07, 6.45) is 3.56. The fourth-order valence-corrected chi connectivity index (χ4v) is 4.13. The zero-order chi connectivity index (χ0) is 23.8. The number of carbonyl (C=O) groups is 1. The van der Waals surface area contributed by atoms with Crippen LogP contribution in [0.15, 0.2) is 42.5 Å². The molecule has 0 aliphatic rings. The summed E-state index contributed by atoms with van der Waals surface area (Å²) in [7, 11) is 5.23. The van der Waals surface area contributed by atoms with E-state index in [1.165, 1.54) is 0 Å². The molecule has 1 heterocycles. The lowest BCUT2D eigenvalue weighted by Gasteiger charge is -2.20. The summed E-state index contributed by atoms with van der Waals surface area (Å²) in [6, 6.07) is 14.0. The molecule has 176 valence electrons. The van der Waals surface area contributed by atoms with Crippen molar-refractivity contribution < 1.29 is 14.3 Å². The number of aryl methyl sites for hydroxylation is 1. The van der Waals surface area contributed by atoms with Gasteiger partial charge in [-0.15, -0.1) is 0 Å². The number of ether oxygens (including phenoxy) is 2. The molecule has 0 saturated heterocycles. The lowest BCUT2D eigenvalue weighted by Crippen LogP contribution is -2.32. The predicted molar refractivity (Wildman–Crippen MR) is 134 cm³/mol. The predicted octanol–water partition coefficient (Wildman–Crippen LogP) is 4.88. The first-order valence-electron chi connectivity index (χ1n) is 11.6. The summed E-state index contributed by atoms with van der Waals surface area (Å²) in [4.78, 5) is 19.9. The van der Waals surface area contributed by atoms with Crippen molar-refractivity contribution in [2.24, 2.45) is 0 Å². The van der Waals surface area contributed by atoms with E-state index in [1.807, 2.05) is 54.4 Å². The topological polar surface area (TPSA) is 63.7 Å². The van der Waals surface area contributed by atoms with Crippen LogP contribution in [-0.2, 0) is 24.1 Å². The third-order valence-electron chi connectivity index (χ3n) is 5.83. The Labute approximate surface area is 196 Å². The SMILES string of the molecule is CCCc1nc2ccccc2c(NC(=O)CN(C)CCc2ccc(OC)c(OC)c2)c1CC. The summed E-state index contributed by atoms with van der Waals surface area (Å²) in [5.41, 5.74) is 5.19. The molecule has 6 heteroatoms. The van der Waals surface area contributed by atoms with Gasteiger partial charge in [-0.05, 0) is 55.6 Å². The van der Waals surface area contributed by atoms with Gasteiger partial charge in [0.05, 0.1) is 32.0 Å². The Bertz CT molecular complexity index is 1100. The van der Waals surface area contributed by atoms with Crippen LogP contribution in [0.2, 0.25) is 0 Å². The largest absolute Gasteiger partial charge is 0.493 e. The highest BCUT2D eigenvalue weighted by molar-refractivity contribution is 6.03. The normalized spacial score (nSPS) is 11.1. The summed E-state index contributed by atoms with van der Waals surface area (Å²) in [6.45, 7) is 5.34. The van der Waals surface area contributed by atoms with Crippen LogP contribution in [0.25, 0.3) is 10.9 Å². The third kappa shape index (κ3) is 6.02. The number of nitrogens with one attached hydrogen (secondary N) is 1. The molecular weight excluding hydrogens is 414 g/mol. The van der Waals surface area contributed by atoms with E-state index in [0.29, 0.717) is 12.3 Å². The number of likely N-dealkylation sites (N-methyl/N-ethyl adjacent to an activating group) is 1. The number of carbonyl (C=O) groups excluding carboxylic acids is 1. The molecule has 2 aromatic carbocycles. The Hall–Kier alpha value is -3.12. The number of hydrogen-bond donors (Lipinski definition) is 1. The first kappa shape index (κ1) is 24.5. The highest BCUT2D eigenvalue weighted by Gasteiger charge is 2.16. The monoisotopic (exact) mass is 449 g/mol. The molecule has 0 fully saturated rings. The van der Waals surface area contributed by atoms with Gasteiger partial charge in [0.2, 0.25) is 5.91 Å². The quantitative estimate of drug-likeness (QED) is 0.452. The molecular formula is C27H35N3O3. The number of aromatic nitrogens is 1. The van der Waals surface area contributed by atoms with Crippen LogP contribution in [0.3, 0.4) is 0 Å². The second-order valence-electron chi connectivity index (χ2n) is 8.26. The average Bonchev–Trinajstić information content (AvgIpc) is 2.82. The summed E-state index contributed by atoms with van der Waals surface area (Å²) < 4.78 is 10.7. The molecule has 1 amide bonds. The molecule has 0 unspecified atom stereocenters. The Morgan fingerprint density at radius 1 is 1.03 bits per heavy atom. The highest BCUT2D eigenvalue weighted by atomic mass is 16.5. The van der Waals surface area contributed by atoms with Gasteiger partial charge in [0.1, 0.15) is 0 Å². The van der Waals surface area contributed by atoms with Crippen molar-refractivity contribution in [3.8, 4) is 11.5 Å². The maximum absolute atomic E-state index is 13.0. The van der Waals surface area contributed by atoms with Gasteiger partial charge in [0.25, 0.3) is 0 Å². The molecule has 1 aromatic heterocycles. The number of anilines is 1. The van der Waals surface area contributed by atoms with E-state index < -0.39 is 0 Å². The molecule has 0 aliphatic carbocycles. The maximum Gasteiger partial charge on any atom is 0.238 e. The first-order valence-corrected chi connectivity index (χ1v) is 11.6. The molecule has 0 spiro atoms. The maximum atomic E-state index is 13.0. The average molecular weight is 450 g/mol. The van der Waals surface area contributed by atoms with E-state index in [2.05, 4.69) is 19.2 Å². The lowest BCUT2D eigenvalue weighted by molar-refractivity contribution is -0.117. The van der Waals surface area contributed by atoms with Gasteiger partial charge >= 0.3 is 0 Å². The number of methoxy groups -OCH3 is 2.